The molecule has 9 heteroatoms. The molecule has 37 heavy (non-hydrogen) atoms. The molecule has 0 aromatic heterocycles. The van der Waals surface area contributed by atoms with Gasteiger partial charge < -0.3 is 29.0 Å². The largest absolute Gasteiger partial charge is 0.461 e. The van der Waals surface area contributed by atoms with Crippen LogP contribution in [0.4, 0.5) is 0 Å². The molecule has 1 heterocycles. The Morgan fingerprint density at radius 1 is 0.838 bits per heavy atom. The van der Waals surface area contributed by atoms with E-state index in [0.29, 0.717) is 0 Å². The number of carbonyl (C=O) groups is 3. The Morgan fingerprint density at radius 3 is 2.05 bits per heavy atom. The van der Waals surface area contributed by atoms with Gasteiger partial charge >= 0.3 is 11.9 Å². The van der Waals surface area contributed by atoms with Crippen molar-refractivity contribution in [2.75, 3.05) is 27.4 Å². The lowest BCUT2D eigenvalue weighted by Crippen LogP contribution is -2.40. The quantitative estimate of drug-likeness (QED) is 0.469. The molecule has 1 aromatic rings. The number of nitrogens with one attached hydrogen (secondary N) is 1. The maximum atomic E-state index is 13.0. The minimum Gasteiger partial charge on any atom is -0.461 e. The van der Waals surface area contributed by atoms with Gasteiger partial charge in [-0.2, -0.15) is 0 Å². The first-order chi connectivity index (χ1) is 17.7. The summed E-state index contributed by atoms with van der Waals surface area (Å²) in [5.74, 6) is -1.80. The summed E-state index contributed by atoms with van der Waals surface area (Å²) < 4.78 is 27.9. The number of amides is 1. The summed E-state index contributed by atoms with van der Waals surface area (Å²) in [6.45, 7) is 5.56. The zero-order chi connectivity index (χ0) is 27.2. The number of esters is 2. The van der Waals surface area contributed by atoms with Gasteiger partial charge in [0.1, 0.15) is 19.3 Å². The summed E-state index contributed by atoms with van der Waals surface area (Å²) in [6.07, 6.45) is 5.13. The molecule has 1 N–H and O–H groups in total. The second kappa shape index (κ2) is 16.0. The van der Waals surface area contributed by atoms with Crippen molar-refractivity contribution in [3.05, 3.63) is 60.2 Å². The van der Waals surface area contributed by atoms with Crippen LogP contribution in [0.2, 0.25) is 0 Å². The Balaban J connectivity index is 2.24. The monoisotopic (exact) mass is 517 g/mol. The number of carbonyl (C=O) groups excluding carboxylic acids is 3. The van der Waals surface area contributed by atoms with Crippen LogP contribution in [0.15, 0.2) is 54.6 Å². The van der Waals surface area contributed by atoms with Crippen molar-refractivity contribution < 1.29 is 38.1 Å². The smallest absolute Gasteiger partial charge is 0.339 e. The molecule has 6 atom stereocenters. The van der Waals surface area contributed by atoms with E-state index in [4.69, 9.17) is 23.7 Å². The molecule has 0 fully saturated rings. The topological polar surface area (TPSA) is 109 Å². The second-order valence-electron chi connectivity index (χ2n) is 9.05. The lowest BCUT2D eigenvalue weighted by molar-refractivity contribution is -0.159. The van der Waals surface area contributed by atoms with E-state index in [9.17, 15) is 14.4 Å². The molecule has 0 saturated carbocycles. The third-order valence-electron chi connectivity index (χ3n) is 6.13. The Labute approximate surface area is 219 Å². The minimum absolute atomic E-state index is 0.0156. The number of methoxy groups -OCH3 is 2. The van der Waals surface area contributed by atoms with Crippen LogP contribution in [0, 0.1) is 11.8 Å². The van der Waals surface area contributed by atoms with Gasteiger partial charge in [-0.1, -0.05) is 62.4 Å². The van der Waals surface area contributed by atoms with Gasteiger partial charge in [-0.05, 0) is 18.6 Å². The van der Waals surface area contributed by atoms with Crippen molar-refractivity contribution >= 4 is 17.8 Å². The summed E-state index contributed by atoms with van der Waals surface area (Å²) in [5, 5.41) is 2.63. The molecular weight excluding hydrogens is 478 g/mol. The fourth-order valence-electron chi connectivity index (χ4n) is 3.64. The van der Waals surface area contributed by atoms with E-state index >= 15 is 0 Å². The Morgan fingerprint density at radius 2 is 1.43 bits per heavy atom. The second-order valence-corrected chi connectivity index (χ2v) is 9.05. The summed E-state index contributed by atoms with van der Waals surface area (Å²) in [6, 6.07) is 8.71. The summed E-state index contributed by atoms with van der Waals surface area (Å²) in [4.78, 5) is 37.6. The zero-order valence-corrected chi connectivity index (χ0v) is 22.3. The number of hydrogen-bond acceptors (Lipinski definition) is 8. The average Bonchev–Trinajstić information content (AvgIpc) is 2.89. The van der Waals surface area contributed by atoms with E-state index in [1.54, 1.807) is 25.2 Å². The van der Waals surface area contributed by atoms with Crippen LogP contribution < -0.4 is 5.32 Å². The van der Waals surface area contributed by atoms with Crippen LogP contribution in [0.3, 0.4) is 0 Å². The molecule has 0 unspecified atom stereocenters. The Bertz CT molecular complexity index is 916. The van der Waals surface area contributed by atoms with Crippen LogP contribution in [-0.2, 0) is 44.7 Å². The molecule has 0 aliphatic carbocycles. The van der Waals surface area contributed by atoms with Crippen molar-refractivity contribution in [2.24, 2.45) is 11.8 Å². The van der Waals surface area contributed by atoms with Crippen molar-refractivity contribution in [3.63, 3.8) is 0 Å². The van der Waals surface area contributed by atoms with Crippen LogP contribution in [0.25, 0.3) is 0 Å². The van der Waals surface area contributed by atoms with Crippen LogP contribution in [0.1, 0.15) is 32.8 Å². The highest BCUT2D eigenvalue weighted by molar-refractivity contribution is 5.84. The highest BCUT2D eigenvalue weighted by Gasteiger charge is 2.25. The minimum atomic E-state index is -0.963. The number of hydrogen-bond donors (Lipinski definition) is 1. The predicted octanol–water partition coefficient (Wildman–Crippen LogP) is 2.98. The van der Waals surface area contributed by atoms with E-state index in [-0.39, 0.29) is 44.0 Å². The van der Waals surface area contributed by atoms with Crippen LogP contribution in [0.5, 0.6) is 0 Å². The number of ether oxygens (including phenoxy) is 5. The van der Waals surface area contributed by atoms with Crippen LogP contribution in [-0.4, -0.2) is 69.6 Å². The highest BCUT2D eigenvalue weighted by Crippen LogP contribution is 2.15. The van der Waals surface area contributed by atoms with Gasteiger partial charge in [-0.3, -0.25) is 4.79 Å². The first-order valence-corrected chi connectivity index (χ1v) is 12.4. The van der Waals surface area contributed by atoms with Gasteiger partial charge in [0.15, 0.2) is 6.10 Å². The van der Waals surface area contributed by atoms with E-state index in [0.717, 1.165) is 5.56 Å². The van der Waals surface area contributed by atoms with Gasteiger partial charge in [-0.15, -0.1) is 0 Å². The Hall–Kier alpha value is -3.01. The Kier molecular flexibility index (Phi) is 13.0. The fraction of sp³-hybridized carbons (Fsp3) is 0.536. The van der Waals surface area contributed by atoms with Gasteiger partial charge in [0.05, 0.1) is 18.8 Å². The van der Waals surface area contributed by atoms with Crippen molar-refractivity contribution in [3.8, 4) is 0 Å². The number of cyclic esters (lactones) is 2. The molecule has 1 aromatic carbocycles. The van der Waals surface area contributed by atoms with E-state index in [1.165, 1.54) is 14.2 Å². The first kappa shape index (κ1) is 30.2. The third-order valence-corrected chi connectivity index (χ3v) is 6.13. The molecule has 9 nitrogen and oxygen atoms in total. The molecule has 1 aliphatic heterocycles. The molecule has 0 radical (unpaired) electrons. The average molecular weight is 518 g/mol. The molecule has 0 spiro atoms. The molecule has 2 rings (SSSR count). The molecular formula is C28H39NO8. The van der Waals surface area contributed by atoms with E-state index < -0.39 is 36.3 Å². The molecule has 1 aliphatic rings. The van der Waals surface area contributed by atoms with Gasteiger partial charge in [0, 0.05) is 32.5 Å². The van der Waals surface area contributed by atoms with Gasteiger partial charge in [0.2, 0.25) is 5.91 Å². The lowest BCUT2D eigenvalue weighted by Gasteiger charge is -2.22. The summed E-state index contributed by atoms with van der Waals surface area (Å²) in [5.41, 5.74) is 0.916. The highest BCUT2D eigenvalue weighted by atomic mass is 16.6. The third kappa shape index (κ3) is 10.5. The van der Waals surface area contributed by atoms with E-state index in [1.807, 2.05) is 50.3 Å². The predicted molar refractivity (Wildman–Crippen MR) is 137 cm³/mol. The number of rotatable bonds is 5. The summed E-state index contributed by atoms with van der Waals surface area (Å²) >= 11 is 0. The molecule has 204 valence electrons. The molecule has 1 amide bonds. The van der Waals surface area contributed by atoms with Crippen molar-refractivity contribution in [1.82, 2.24) is 5.32 Å². The maximum absolute atomic E-state index is 13.0. The van der Waals surface area contributed by atoms with Gasteiger partial charge in [0.25, 0.3) is 0 Å². The fourth-order valence-corrected chi connectivity index (χ4v) is 3.64. The zero-order valence-electron chi connectivity index (χ0n) is 22.3. The van der Waals surface area contributed by atoms with Gasteiger partial charge in [-0.25, -0.2) is 9.59 Å². The summed E-state index contributed by atoms with van der Waals surface area (Å²) in [7, 11) is 3.05. The molecule has 0 saturated heterocycles. The van der Waals surface area contributed by atoms with Crippen molar-refractivity contribution in [1.29, 1.82) is 0 Å². The van der Waals surface area contributed by atoms with Crippen LogP contribution >= 0.6 is 0 Å². The van der Waals surface area contributed by atoms with E-state index in [2.05, 4.69) is 5.32 Å². The SMILES string of the molecule is CO[C@H]1COC(=O)[C@H](C)NC(=O)CC=C[C@@H](C)[C@H](OC)COC(=O)[C@@H](OCc2ccccc2)C=C[C@@H]1C. The molecule has 0 bridgehead atoms. The normalized spacial score (nSPS) is 28.8. The lowest BCUT2D eigenvalue weighted by atomic mass is 10.0. The maximum Gasteiger partial charge on any atom is 0.339 e. The number of benzene rings is 1. The van der Waals surface area contributed by atoms with Crippen molar-refractivity contribution in [2.45, 2.75) is 58.2 Å². The first-order valence-electron chi connectivity index (χ1n) is 12.4. The standard InChI is InChI=1S/C28H39NO8/c1-19-10-9-13-26(30)29-21(3)27(31)36-17-25(34-5)20(2)14-15-23(28(32)37-18-24(19)33-4)35-16-22-11-7-6-8-12-22/h6-12,14-15,19-21,23-25H,13,16-18H2,1-5H3,(H,29,30)/t19-,20+,21+,23+,24-,25+/m1/s1.